The number of unbranched alkanes of at least 4 members (excludes halogenated alkanes) is 1. The summed E-state index contributed by atoms with van der Waals surface area (Å²) < 4.78 is 26.7. The summed E-state index contributed by atoms with van der Waals surface area (Å²) >= 11 is 0. The van der Waals surface area contributed by atoms with E-state index in [-0.39, 0.29) is 5.88 Å². The Morgan fingerprint density at radius 3 is 2.90 bits per heavy atom. The second kappa shape index (κ2) is 9.88. The first-order chi connectivity index (χ1) is 14.5. The zero-order valence-electron chi connectivity index (χ0n) is 16.9. The normalized spacial score (nSPS) is 10.8. The molecule has 4 N–H and O–H groups in total. The molecule has 10 heteroatoms. The lowest BCUT2D eigenvalue weighted by molar-refractivity contribution is 0.211. The largest absolute Gasteiger partial charge is 0.492 e. The fourth-order valence-electron chi connectivity index (χ4n) is 2.90. The second-order valence-corrected chi connectivity index (χ2v) is 6.63. The third-order valence-corrected chi connectivity index (χ3v) is 4.41. The smallest absolute Gasteiger partial charge is 0.418 e. The van der Waals surface area contributed by atoms with Gasteiger partial charge in [-0.3, -0.25) is 15.1 Å². The van der Waals surface area contributed by atoms with Crippen molar-refractivity contribution < 1.29 is 18.7 Å². The van der Waals surface area contributed by atoms with Crippen molar-refractivity contribution in [2.45, 2.75) is 26.2 Å². The van der Waals surface area contributed by atoms with Crippen LogP contribution < -0.4 is 20.5 Å². The van der Waals surface area contributed by atoms with Gasteiger partial charge in [0.05, 0.1) is 11.4 Å². The van der Waals surface area contributed by atoms with Gasteiger partial charge >= 0.3 is 6.09 Å². The van der Waals surface area contributed by atoms with Crippen molar-refractivity contribution in [3.8, 4) is 22.9 Å². The van der Waals surface area contributed by atoms with Gasteiger partial charge in [0.15, 0.2) is 0 Å². The van der Waals surface area contributed by atoms with Crippen LogP contribution >= 0.6 is 0 Å². The molecule has 0 aliphatic heterocycles. The number of aromatic nitrogens is 4. The fourth-order valence-corrected chi connectivity index (χ4v) is 2.90. The van der Waals surface area contributed by atoms with Crippen LogP contribution in [0.4, 0.5) is 14.9 Å². The van der Waals surface area contributed by atoms with Crippen LogP contribution in [0.1, 0.15) is 25.5 Å². The molecule has 9 nitrogen and oxygen atoms in total. The topological polar surface area (TPSA) is 120 Å². The van der Waals surface area contributed by atoms with Gasteiger partial charge in [0.1, 0.15) is 12.4 Å². The van der Waals surface area contributed by atoms with E-state index in [1.807, 2.05) is 13.0 Å². The molecule has 0 unspecified atom stereocenters. The molecule has 0 bridgehead atoms. The second-order valence-electron chi connectivity index (χ2n) is 6.63. The standard InChI is InChI=1S/C20H25FN6O3/c1-3-4-5-15-18(21)19(26-25-15)30-20(28)24-13-6-7-17(29-11-9-22)14(12-13)16-8-10-23-27(16)2/h6-8,10,12H,3-5,9,11,22H2,1-2H3,(H,24,28)(H,25,26). The van der Waals surface area contributed by atoms with Crippen LogP contribution in [-0.4, -0.2) is 39.2 Å². The number of aryl methyl sites for hydroxylation is 2. The van der Waals surface area contributed by atoms with Crippen molar-refractivity contribution in [3.05, 3.63) is 42.0 Å². The Labute approximate surface area is 173 Å². The van der Waals surface area contributed by atoms with E-state index in [0.717, 1.165) is 18.5 Å². The monoisotopic (exact) mass is 416 g/mol. The molecule has 0 saturated heterocycles. The van der Waals surface area contributed by atoms with E-state index < -0.39 is 11.9 Å². The third kappa shape index (κ3) is 4.95. The molecular formula is C20H25FN6O3. The molecular weight excluding hydrogens is 391 g/mol. The van der Waals surface area contributed by atoms with E-state index in [1.165, 1.54) is 0 Å². The van der Waals surface area contributed by atoms with Gasteiger partial charge in [-0.05, 0) is 37.1 Å². The molecule has 2 aromatic heterocycles. The minimum absolute atomic E-state index is 0.319. The lowest BCUT2D eigenvalue weighted by Crippen LogP contribution is -2.17. The number of rotatable bonds is 9. The highest BCUT2D eigenvalue weighted by molar-refractivity contribution is 5.88. The number of benzene rings is 1. The Hall–Kier alpha value is -3.40. The number of H-pyrrole nitrogens is 1. The van der Waals surface area contributed by atoms with E-state index in [1.54, 1.807) is 36.1 Å². The summed E-state index contributed by atoms with van der Waals surface area (Å²) in [5, 5.41) is 13.1. The average molecular weight is 416 g/mol. The van der Waals surface area contributed by atoms with E-state index in [2.05, 4.69) is 20.6 Å². The minimum atomic E-state index is -0.853. The Balaban J connectivity index is 1.75. The van der Waals surface area contributed by atoms with Gasteiger partial charge < -0.3 is 15.2 Å². The summed E-state index contributed by atoms with van der Waals surface area (Å²) in [4.78, 5) is 12.3. The maximum atomic E-state index is 14.3. The first kappa shape index (κ1) is 21.3. The van der Waals surface area contributed by atoms with Gasteiger partial charge in [0, 0.05) is 31.0 Å². The van der Waals surface area contributed by atoms with Gasteiger partial charge in [-0.15, -0.1) is 5.10 Å². The summed E-state index contributed by atoms with van der Waals surface area (Å²) in [7, 11) is 1.80. The van der Waals surface area contributed by atoms with Crippen molar-refractivity contribution in [1.29, 1.82) is 0 Å². The number of anilines is 1. The lowest BCUT2D eigenvalue weighted by Gasteiger charge is -2.13. The molecule has 0 spiro atoms. The molecule has 0 atom stereocenters. The zero-order valence-corrected chi connectivity index (χ0v) is 16.9. The van der Waals surface area contributed by atoms with Crippen LogP contribution in [0.3, 0.4) is 0 Å². The fraction of sp³-hybridized carbons (Fsp3) is 0.350. The Morgan fingerprint density at radius 2 is 2.20 bits per heavy atom. The number of hydrogen-bond acceptors (Lipinski definition) is 6. The summed E-state index contributed by atoms with van der Waals surface area (Å²) in [5.74, 6) is -0.435. The van der Waals surface area contributed by atoms with Crippen LogP contribution in [0.5, 0.6) is 11.6 Å². The van der Waals surface area contributed by atoms with Gasteiger partial charge in [-0.2, -0.15) is 9.49 Å². The summed E-state index contributed by atoms with van der Waals surface area (Å²) in [6.45, 7) is 2.72. The number of hydrogen-bond donors (Lipinski definition) is 3. The highest BCUT2D eigenvalue weighted by Crippen LogP contribution is 2.32. The quantitative estimate of drug-likeness (QED) is 0.493. The lowest BCUT2D eigenvalue weighted by atomic mass is 10.1. The van der Waals surface area contributed by atoms with Gasteiger partial charge in [0.25, 0.3) is 5.88 Å². The van der Waals surface area contributed by atoms with Crippen LogP contribution in [0, 0.1) is 5.82 Å². The number of nitrogens with two attached hydrogens (primary N) is 1. The Bertz CT molecular complexity index is 1000. The van der Waals surface area contributed by atoms with Crippen molar-refractivity contribution in [1.82, 2.24) is 20.0 Å². The number of nitrogens with one attached hydrogen (secondary N) is 2. The summed E-state index contributed by atoms with van der Waals surface area (Å²) in [6, 6.07) is 6.91. The first-order valence-electron chi connectivity index (χ1n) is 9.70. The van der Waals surface area contributed by atoms with Crippen molar-refractivity contribution in [2.75, 3.05) is 18.5 Å². The van der Waals surface area contributed by atoms with Crippen LogP contribution in [0.25, 0.3) is 11.3 Å². The van der Waals surface area contributed by atoms with E-state index in [9.17, 15) is 9.18 Å². The number of carbonyl (C=O) groups is 1. The highest BCUT2D eigenvalue weighted by Gasteiger charge is 2.18. The molecule has 30 heavy (non-hydrogen) atoms. The van der Waals surface area contributed by atoms with Crippen LogP contribution in [0.2, 0.25) is 0 Å². The maximum absolute atomic E-state index is 14.3. The molecule has 1 aromatic carbocycles. The number of amides is 1. The third-order valence-electron chi connectivity index (χ3n) is 4.41. The van der Waals surface area contributed by atoms with Crippen LogP contribution in [0.15, 0.2) is 30.5 Å². The molecule has 3 rings (SSSR count). The Morgan fingerprint density at radius 1 is 1.37 bits per heavy atom. The molecule has 2 heterocycles. The molecule has 1 amide bonds. The molecule has 0 fully saturated rings. The van der Waals surface area contributed by atoms with E-state index in [4.69, 9.17) is 15.2 Å². The van der Waals surface area contributed by atoms with E-state index in [0.29, 0.717) is 42.3 Å². The first-order valence-corrected chi connectivity index (χ1v) is 9.70. The van der Waals surface area contributed by atoms with Gasteiger partial charge in [-0.1, -0.05) is 13.3 Å². The minimum Gasteiger partial charge on any atom is -0.492 e. The van der Waals surface area contributed by atoms with Gasteiger partial charge in [-0.25, -0.2) is 4.79 Å². The molecule has 0 radical (unpaired) electrons. The van der Waals surface area contributed by atoms with Crippen molar-refractivity contribution in [3.63, 3.8) is 0 Å². The predicted octanol–water partition coefficient (Wildman–Crippen LogP) is 3.24. The number of aromatic amines is 1. The molecule has 160 valence electrons. The van der Waals surface area contributed by atoms with Crippen LogP contribution in [-0.2, 0) is 13.5 Å². The SMILES string of the molecule is CCCCc1[nH]nc(OC(=O)Nc2ccc(OCCN)c(-c3ccnn3C)c2)c1F. The number of ether oxygens (including phenoxy) is 2. The number of halogens is 1. The molecule has 3 aromatic rings. The van der Waals surface area contributed by atoms with Gasteiger partial charge in [0.2, 0.25) is 5.82 Å². The number of carbonyl (C=O) groups excluding carboxylic acids is 1. The number of nitrogens with zero attached hydrogens (tertiary/aromatic N) is 3. The van der Waals surface area contributed by atoms with Crippen molar-refractivity contribution in [2.24, 2.45) is 12.8 Å². The predicted molar refractivity (Wildman–Crippen MR) is 110 cm³/mol. The molecule has 0 aliphatic rings. The zero-order chi connectivity index (χ0) is 21.5. The van der Waals surface area contributed by atoms with Crippen molar-refractivity contribution >= 4 is 11.8 Å². The molecule has 0 aliphatic carbocycles. The van der Waals surface area contributed by atoms with E-state index >= 15 is 0 Å². The summed E-state index contributed by atoms with van der Waals surface area (Å²) in [6.07, 6.45) is 3.03. The summed E-state index contributed by atoms with van der Waals surface area (Å²) in [5.41, 5.74) is 7.80. The molecule has 0 saturated carbocycles. The Kier molecular flexibility index (Phi) is 7.02. The highest BCUT2D eigenvalue weighted by atomic mass is 19.1. The average Bonchev–Trinajstić information content (AvgIpc) is 3.31. The maximum Gasteiger partial charge on any atom is 0.418 e.